The number of nitrogens with zero attached hydrogens (tertiary/aromatic N) is 2. The third-order valence-corrected chi connectivity index (χ3v) is 8.94. The first kappa shape index (κ1) is 33.2. The van der Waals surface area contributed by atoms with Crippen LogP contribution in [-0.4, -0.2) is 72.7 Å². The maximum absolute atomic E-state index is 13.4. The summed E-state index contributed by atoms with van der Waals surface area (Å²) in [6.45, 7) is 7.86. The van der Waals surface area contributed by atoms with Crippen molar-refractivity contribution in [3.8, 4) is 10.4 Å². The van der Waals surface area contributed by atoms with Crippen molar-refractivity contribution < 1.29 is 36.3 Å². The molecule has 9 nitrogen and oxygen atoms in total. The lowest BCUT2D eigenvalue weighted by molar-refractivity contribution is -0.147. The van der Waals surface area contributed by atoms with Crippen LogP contribution in [0.1, 0.15) is 61.3 Å². The standard InChI is InChI=1S/C23H29Cl2F3N4O5S2/c1-6-10-32(7-2)21(34)17-18(38-20(30-17)19(33)29-11-22(4,5)35)13-8-9-14(16(25)15(13)24)39(36,37)31-12(3)23(26,27)28/h8-9,12,31,35H,6-7,10-11H2,1-5H3,(H,29,33)/t12-/m0/s1. The van der Waals surface area contributed by atoms with Crippen LogP contribution in [-0.2, 0) is 10.0 Å². The summed E-state index contributed by atoms with van der Waals surface area (Å²) in [6.07, 6.45) is -4.20. The molecule has 1 aromatic heterocycles. The number of carbonyl (C=O) groups excluding carboxylic acids is 2. The molecule has 0 aliphatic rings. The van der Waals surface area contributed by atoms with E-state index in [9.17, 15) is 36.3 Å². The van der Waals surface area contributed by atoms with Crippen LogP contribution < -0.4 is 10.0 Å². The van der Waals surface area contributed by atoms with E-state index >= 15 is 0 Å². The average Bonchev–Trinajstić information content (AvgIpc) is 3.26. The molecular formula is C23H29Cl2F3N4O5S2. The van der Waals surface area contributed by atoms with Crippen molar-refractivity contribution in [3.63, 3.8) is 0 Å². The molecule has 1 heterocycles. The van der Waals surface area contributed by atoms with Gasteiger partial charge in [-0.1, -0.05) is 36.2 Å². The van der Waals surface area contributed by atoms with Gasteiger partial charge in [0.1, 0.15) is 16.6 Å². The Bertz CT molecular complexity index is 1330. The second-order valence-corrected chi connectivity index (χ2v) is 12.6. The molecule has 0 fully saturated rings. The number of carbonyl (C=O) groups is 2. The van der Waals surface area contributed by atoms with E-state index < -0.39 is 49.6 Å². The zero-order chi connectivity index (χ0) is 29.9. The Morgan fingerprint density at radius 3 is 2.31 bits per heavy atom. The van der Waals surface area contributed by atoms with Crippen LogP contribution in [0.25, 0.3) is 10.4 Å². The molecule has 0 bridgehead atoms. The topological polar surface area (TPSA) is 129 Å². The fraction of sp³-hybridized carbons (Fsp3) is 0.522. The molecule has 2 amide bonds. The number of aromatic nitrogens is 1. The molecule has 0 aliphatic heterocycles. The Hall–Kier alpha value is -1.97. The molecule has 2 rings (SSSR count). The Balaban J connectivity index is 2.64. The van der Waals surface area contributed by atoms with Crippen molar-refractivity contribution in [1.29, 1.82) is 0 Å². The van der Waals surface area contributed by atoms with E-state index in [4.69, 9.17) is 23.2 Å². The van der Waals surface area contributed by atoms with Gasteiger partial charge in [0.2, 0.25) is 10.0 Å². The van der Waals surface area contributed by atoms with Crippen molar-refractivity contribution in [1.82, 2.24) is 19.9 Å². The molecule has 1 aromatic carbocycles. The average molecular weight is 634 g/mol. The molecule has 218 valence electrons. The molecule has 0 saturated heterocycles. The highest BCUT2D eigenvalue weighted by atomic mass is 35.5. The quantitative estimate of drug-likeness (QED) is 0.329. The molecule has 1 atom stereocenters. The predicted octanol–water partition coefficient (Wildman–Crippen LogP) is 4.72. The van der Waals surface area contributed by atoms with Crippen LogP contribution in [0.3, 0.4) is 0 Å². The number of thiazole rings is 1. The van der Waals surface area contributed by atoms with E-state index in [0.29, 0.717) is 26.4 Å². The summed E-state index contributed by atoms with van der Waals surface area (Å²) in [5, 5.41) is 11.4. The first-order valence-corrected chi connectivity index (χ1v) is 14.8. The molecule has 16 heteroatoms. The molecule has 3 N–H and O–H groups in total. The summed E-state index contributed by atoms with van der Waals surface area (Å²) in [5.74, 6) is -1.19. The van der Waals surface area contributed by atoms with E-state index in [2.05, 4.69) is 10.3 Å². The van der Waals surface area contributed by atoms with E-state index in [1.807, 2.05) is 6.92 Å². The van der Waals surface area contributed by atoms with Crippen molar-refractivity contribution in [3.05, 3.63) is 32.9 Å². The number of nitrogens with one attached hydrogen (secondary N) is 2. The monoisotopic (exact) mass is 632 g/mol. The lowest BCUT2D eigenvalue weighted by Crippen LogP contribution is -2.43. The number of sulfonamides is 1. The van der Waals surface area contributed by atoms with Crippen LogP contribution in [0.5, 0.6) is 0 Å². The molecule has 0 unspecified atom stereocenters. The first-order chi connectivity index (χ1) is 17.8. The van der Waals surface area contributed by atoms with Gasteiger partial charge in [0.25, 0.3) is 11.8 Å². The molecule has 0 radical (unpaired) electrons. The van der Waals surface area contributed by atoms with E-state index in [1.54, 1.807) is 6.92 Å². The Labute approximate surface area is 238 Å². The van der Waals surface area contributed by atoms with Crippen LogP contribution in [0.15, 0.2) is 17.0 Å². The molecule has 0 aliphatic carbocycles. The van der Waals surface area contributed by atoms with Gasteiger partial charge >= 0.3 is 6.18 Å². The van der Waals surface area contributed by atoms with Gasteiger partial charge in [0, 0.05) is 25.2 Å². The summed E-state index contributed by atoms with van der Waals surface area (Å²) in [6, 6.07) is -0.258. The van der Waals surface area contributed by atoms with Gasteiger partial charge in [-0.05, 0) is 40.2 Å². The highest BCUT2D eigenvalue weighted by Crippen LogP contribution is 2.42. The minimum Gasteiger partial charge on any atom is -0.389 e. The number of halogens is 5. The lowest BCUT2D eigenvalue weighted by Gasteiger charge is -2.20. The van der Waals surface area contributed by atoms with E-state index in [1.165, 1.54) is 29.5 Å². The molecule has 2 aromatic rings. The number of amides is 2. The summed E-state index contributed by atoms with van der Waals surface area (Å²) in [7, 11) is -4.74. The smallest absolute Gasteiger partial charge is 0.389 e. The first-order valence-electron chi connectivity index (χ1n) is 11.7. The second kappa shape index (κ2) is 12.7. The summed E-state index contributed by atoms with van der Waals surface area (Å²) < 4.78 is 65.6. The maximum atomic E-state index is 13.4. The van der Waals surface area contributed by atoms with Crippen LogP contribution in [0.4, 0.5) is 13.2 Å². The second-order valence-electron chi connectivity index (χ2n) is 9.20. The van der Waals surface area contributed by atoms with Crippen LogP contribution >= 0.6 is 34.5 Å². The zero-order valence-electron chi connectivity index (χ0n) is 21.7. The van der Waals surface area contributed by atoms with Gasteiger partial charge in [-0.3, -0.25) is 9.59 Å². The molecule has 39 heavy (non-hydrogen) atoms. The largest absolute Gasteiger partial charge is 0.404 e. The van der Waals surface area contributed by atoms with Crippen LogP contribution in [0, 0.1) is 0 Å². The summed E-state index contributed by atoms with van der Waals surface area (Å²) in [5.41, 5.74) is -1.30. The highest BCUT2D eigenvalue weighted by Gasteiger charge is 2.39. The van der Waals surface area contributed by atoms with Gasteiger partial charge in [0.15, 0.2) is 5.01 Å². The molecule has 0 saturated carbocycles. The van der Waals surface area contributed by atoms with E-state index in [-0.39, 0.29) is 32.7 Å². The van der Waals surface area contributed by atoms with Crippen molar-refractivity contribution >= 4 is 56.4 Å². The highest BCUT2D eigenvalue weighted by molar-refractivity contribution is 7.89. The minimum absolute atomic E-state index is 0.0550. The fourth-order valence-electron chi connectivity index (χ4n) is 3.22. The lowest BCUT2D eigenvalue weighted by atomic mass is 10.1. The number of benzene rings is 1. The van der Waals surface area contributed by atoms with Gasteiger partial charge in [-0.2, -0.15) is 17.9 Å². The molecular weight excluding hydrogens is 604 g/mol. The predicted molar refractivity (Wildman–Crippen MR) is 144 cm³/mol. The van der Waals surface area contributed by atoms with Crippen molar-refractivity contribution in [2.75, 3.05) is 19.6 Å². The fourth-order valence-corrected chi connectivity index (χ4v) is 6.37. The minimum atomic E-state index is -4.84. The number of hydrogen-bond acceptors (Lipinski definition) is 7. The zero-order valence-corrected chi connectivity index (χ0v) is 24.9. The normalized spacial score (nSPS) is 13.3. The Kier molecular flexibility index (Phi) is 10.8. The maximum Gasteiger partial charge on any atom is 0.404 e. The Morgan fingerprint density at radius 2 is 1.79 bits per heavy atom. The Morgan fingerprint density at radius 1 is 1.18 bits per heavy atom. The van der Waals surface area contributed by atoms with E-state index in [0.717, 1.165) is 17.4 Å². The van der Waals surface area contributed by atoms with Crippen molar-refractivity contribution in [2.45, 2.75) is 63.8 Å². The van der Waals surface area contributed by atoms with Gasteiger partial charge < -0.3 is 15.3 Å². The SMILES string of the molecule is CCCN(CC)C(=O)c1nc(C(=O)NCC(C)(C)O)sc1-c1ccc(S(=O)(=O)N[C@@H](C)C(F)(F)F)c(Cl)c1Cl. The third kappa shape index (κ3) is 8.27. The van der Waals surface area contributed by atoms with Crippen LogP contribution in [0.2, 0.25) is 10.0 Å². The number of hydrogen-bond donors (Lipinski definition) is 3. The number of rotatable bonds is 11. The molecule has 0 spiro atoms. The number of aliphatic hydroxyl groups is 1. The third-order valence-electron chi connectivity index (χ3n) is 5.27. The number of alkyl halides is 3. The summed E-state index contributed by atoms with van der Waals surface area (Å²) in [4.78, 5) is 31.2. The van der Waals surface area contributed by atoms with Gasteiger partial charge in [0.05, 0.1) is 20.5 Å². The van der Waals surface area contributed by atoms with Crippen molar-refractivity contribution in [2.24, 2.45) is 0 Å². The summed E-state index contributed by atoms with van der Waals surface area (Å²) >= 11 is 13.4. The van der Waals surface area contributed by atoms with Gasteiger partial charge in [-0.25, -0.2) is 13.4 Å². The van der Waals surface area contributed by atoms with Gasteiger partial charge in [-0.15, -0.1) is 11.3 Å².